The number of nitrogens with zero attached hydrogens (tertiary/aromatic N) is 2. The van der Waals surface area contributed by atoms with Crippen LogP contribution in [0.1, 0.15) is 17.5 Å². The van der Waals surface area contributed by atoms with Gasteiger partial charge in [0.25, 0.3) is 0 Å². The van der Waals surface area contributed by atoms with Crippen LogP contribution < -0.4 is 4.74 Å². The Morgan fingerprint density at radius 2 is 1.86 bits per heavy atom. The Bertz CT molecular complexity index is 974. The summed E-state index contributed by atoms with van der Waals surface area (Å²) in [5, 5.41) is 19.6. The normalized spacial score (nSPS) is 10.6. The summed E-state index contributed by atoms with van der Waals surface area (Å²) < 4.78 is 5.38. The highest BCUT2D eigenvalue weighted by atomic mass is 35.5. The van der Waals surface area contributed by atoms with E-state index in [0.29, 0.717) is 39.0 Å². The fourth-order valence-corrected chi connectivity index (χ4v) is 3.24. The molecule has 2 aromatic carbocycles. The van der Waals surface area contributed by atoms with Crippen LogP contribution in [-0.4, -0.2) is 32.8 Å². The van der Waals surface area contributed by atoms with Crippen LogP contribution >= 0.6 is 23.2 Å². The average Bonchev–Trinajstić information content (AvgIpc) is 2.66. The van der Waals surface area contributed by atoms with Gasteiger partial charge in [-0.25, -0.2) is 9.97 Å². The van der Waals surface area contributed by atoms with Crippen molar-refractivity contribution in [1.29, 1.82) is 0 Å². The molecule has 0 aliphatic carbocycles. The lowest BCUT2D eigenvalue weighted by Gasteiger charge is -2.12. The summed E-state index contributed by atoms with van der Waals surface area (Å²) in [7, 11) is 0. The van der Waals surface area contributed by atoms with E-state index in [4.69, 9.17) is 33.0 Å². The molecule has 0 saturated carbocycles. The maximum Gasteiger partial charge on any atom is 0.306 e. The van der Waals surface area contributed by atoms with Gasteiger partial charge in [0.15, 0.2) is 0 Å². The van der Waals surface area contributed by atoms with E-state index >= 15 is 0 Å². The second-order valence-corrected chi connectivity index (χ2v) is 6.79. The molecule has 3 aromatic rings. The largest absolute Gasteiger partial charge is 0.507 e. The first-order valence-electron chi connectivity index (χ1n) is 8.35. The number of halogens is 2. The summed E-state index contributed by atoms with van der Waals surface area (Å²) in [5.41, 5.74) is 2.78. The van der Waals surface area contributed by atoms with E-state index in [1.165, 1.54) is 6.33 Å². The number of ether oxygens (including phenoxy) is 1. The average molecular weight is 419 g/mol. The number of benzene rings is 2. The van der Waals surface area contributed by atoms with Gasteiger partial charge in [-0.3, -0.25) is 4.79 Å². The SMILES string of the molecule is O=C(O)CCOc1cc(Cl)c(Cc2ccc(O)c(-c3ccncn3)c2)c(Cl)c1. The van der Waals surface area contributed by atoms with Crippen molar-refractivity contribution in [2.75, 3.05) is 6.61 Å². The molecule has 2 N–H and O–H groups in total. The minimum atomic E-state index is -0.944. The van der Waals surface area contributed by atoms with Gasteiger partial charge in [0.1, 0.15) is 17.8 Å². The molecule has 0 radical (unpaired) electrons. The molecule has 28 heavy (non-hydrogen) atoms. The molecular formula is C20H16Cl2N2O4. The lowest BCUT2D eigenvalue weighted by atomic mass is 10.0. The molecule has 1 heterocycles. The van der Waals surface area contributed by atoms with Gasteiger partial charge in [0, 0.05) is 28.2 Å². The van der Waals surface area contributed by atoms with Crippen molar-refractivity contribution in [1.82, 2.24) is 9.97 Å². The molecule has 144 valence electrons. The first kappa shape index (κ1) is 19.9. The minimum Gasteiger partial charge on any atom is -0.507 e. The third-order valence-electron chi connectivity index (χ3n) is 4.00. The quantitative estimate of drug-likeness (QED) is 0.582. The number of carboxylic acid groups (broad SMARTS) is 1. The van der Waals surface area contributed by atoms with Crippen molar-refractivity contribution >= 4 is 29.2 Å². The first-order valence-corrected chi connectivity index (χ1v) is 9.10. The number of aliphatic carboxylic acids is 1. The number of aromatic hydroxyl groups is 1. The Morgan fingerprint density at radius 3 is 2.50 bits per heavy atom. The van der Waals surface area contributed by atoms with Crippen LogP contribution in [0.5, 0.6) is 11.5 Å². The van der Waals surface area contributed by atoms with E-state index in [-0.39, 0.29) is 18.8 Å². The molecule has 0 amide bonds. The molecule has 0 unspecified atom stereocenters. The van der Waals surface area contributed by atoms with Gasteiger partial charge in [0.2, 0.25) is 0 Å². The highest BCUT2D eigenvalue weighted by Crippen LogP contribution is 2.34. The lowest BCUT2D eigenvalue weighted by Crippen LogP contribution is -2.05. The second-order valence-electron chi connectivity index (χ2n) is 5.98. The zero-order valence-electron chi connectivity index (χ0n) is 14.6. The standard InChI is InChI=1S/C20H16Cl2N2O4/c21-16-9-13(28-6-4-20(26)27)10-17(22)14(16)7-12-1-2-19(25)15(8-12)18-3-5-23-11-24-18/h1-3,5,8-11,25H,4,6-7H2,(H,26,27). The van der Waals surface area contributed by atoms with Crippen molar-refractivity contribution in [3.8, 4) is 22.8 Å². The molecule has 0 aliphatic heterocycles. The second kappa shape index (κ2) is 8.91. The molecule has 1 aromatic heterocycles. The van der Waals surface area contributed by atoms with Gasteiger partial charge in [0.05, 0.1) is 18.7 Å². The van der Waals surface area contributed by atoms with Crippen molar-refractivity contribution < 1.29 is 19.7 Å². The number of hydrogen-bond acceptors (Lipinski definition) is 5. The molecule has 0 bridgehead atoms. The van der Waals surface area contributed by atoms with Crippen molar-refractivity contribution in [2.45, 2.75) is 12.8 Å². The number of aromatic nitrogens is 2. The third kappa shape index (κ3) is 4.91. The Labute approximate surface area is 171 Å². The maximum atomic E-state index is 10.6. The smallest absolute Gasteiger partial charge is 0.306 e. The Kier molecular flexibility index (Phi) is 6.34. The van der Waals surface area contributed by atoms with Crippen LogP contribution in [0, 0.1) is 0 Å². The monoisotopic (exact) mass is 418 g/mol. The van der Waals surface area contributed by atoms with Crippen LogP contribution in [0.25, 0.3) is 11.3 Å². The number of rotatable bonds is 7. The Balaban J connectivity index is 1.83. The topological polar surface area (TPSA) is 92.5 Å². The fourth-order valence-electron chi connectivity index (χ4n) is 2.64. The lowest BCUT2D eigenvalue weighted by molar-refractivity contribution is -0.137. The van der Waals surface area contributed by atoms with E-state index < -0.39 is 5.97 Å². The van der Waals surface area contributed by atoms with E-state index in [1.54, 1.807) is 36.5 Å². The molecule has 0 atom stereocenters. The van der Waals surface area contributed by atoms with Crippen LogP contribution in [0.15, 0.2) is 48.9 Å². The maximum absolute atomic E-state index is 10.6. The van der Waals surface area contributed by atoms with E-state index in [0.717, 1.165) is 5.56 Å². The summed E-state index contributed by atoms with van der Waals surface area (Å²) in [6.07, 6.45) is 3.34. The van der Waals surface area contributed by atoms with Gasteiger partial charge in [-0.15, -0.1) is 0 Å². The molecule has 0 spiro atoms. The van der Waals surface area contributed by atoms with Gasteiger partial charge < -0.3 is 14.9 Å². The van der Waals surface area contributed by atoms with Crippen molar-refractivity contribution in [3.63, 3.8) is 0 Å². The number of carbonyl (C=O) groups is 1. The van der Waals surface area contributed by atoms with Crippen LogP contribution in [0.4, 0.5) is 0 Å². The van der Waals surface area contributed by atoms with Gasteiger partial charge in [-0.2, -0.15) is 0 Å². The Morgan fingerprint density at radius 1 is 1.11 bits per heavy atom. The van der Waals surface area contributed by atoms with Crippen LogP contribution in [-0.2, 0) is 11.2 Å². The molecular weight excluding hydrogens is 403 g/mol. The summed E-state index contributed by atoms with van der Waals surface area (Å²) in [4.78, 5) is 18.6. The van der Waals surface area contributed by atoms with Gasteiger partial charge in [-0.1, -0.05) is 29.3 Å². The predicted molar refractivity (Wildman–Crippen MR) is 106 cm³/mol. The van der Waals surface area contributed by atoms with E-state index in [2.05, 4.69) is 9.97 Å². The van der Waals surface area contributed by atoms with Crippen molar-refractivity contribution in [2.24, 2.45) is 0 Å². The first-order chi connectivity index (χ1) is 13.4. The van der Waals surface area contributed by atoms with E-state index in [1.807, 2.05) is 6.07 Å². The zero-order valence-corrected chi connectivity index (χ0v) is 16.1. The number of carboxylic acids is 1. The minimum absolute atomic E-state index is 0.0294. The van der Waals surface area contributed by atoms with Gasteiger partial charge >= 0.3 is 5.97 Å². The molecule has 0 saturated heterocycles. The summed E-state index contributed by atoms with van der Waals surface area (Å²) in [6.45, 7) is 0.0294. The molecule has 0 aliphatic rings. The molecule has 8 heteroatoms. The number of phenols is 1. The molecule has 6 nitrogen and oxygen atoms in total. The van der Waals surface area contributed by atoms with Crippen molar-refractivity contribution in [3.05, 3.63) is 70.1 Å². The van der Waals surface area contributed by atoms with Gasteiger partial charge in [-0.05, 0) is 41.5 Å². The summed E-state index contributed by atoms with van der Waals surface area (Å²) >= 11 is 12.7. The molecule has 0 fully saturated rings. The molecule has 3 rings (SSSR count). The predicted octanol–water partition coefficient (Wildman–Crippen LogP) is 4.60. The third-order valence-corrected chi connectivity index (χ3v) is 4.67. The fraction of sp³-hybridized carbons (Fsp3) is 0.150. The number of hydrogen-bond donors (Lipinski definition) is 2. The van der Waals surface area contributed by atoms with Crippen LogP contribution in [0.3, 0.4) is 0 Å². The Hall–Kier alpha value is -2.83. The van der Waals surface area contributed by atoms with E-state index in [9.17, 15) is 9.90 Å². The number of phenolic OH excluding ortho intramolecular Hbond substituents is 1. The zero-order chi connectivity index (χ0) is 20.1. The highest BCUT2D eigenvalue weighted by Gasteiger charge is 2.13. The summed E-state index contributed by atoms with van der Waals surface area (Å²) in [5.74, 6) is -0.421. The highest BCUT2D eigenvalue weighted by molar-refractivity contribution is 6.36. The van der Waals surface area contributed by atoms with Crippen LogP contribution in [0.2, 0.25) is 10.0 Å². The summed E-state index contributed by atoms with van der Waals surface area (Å²) in [6, 6.07) is 10.1.